The number of likely N-dealkylation sites (tertiary alicyclic amines) is 1. The second-order valence-corrected chi connectivity index (χ2v) is 11.8. The molecule has 9 heteroatoms. The van der Waals surface area contributed by atoms with Crippen LogP contribution in [-0.2, 0) is 25.5 Å². The summed E-state index contributed by atoms with van der Waals surface area (Å²) in [6.45, 7) is 5.99. The number of carboxylic acids is 1. The van der Waals surface area contributed by atoms with Crippen molar-refractivity contribution in [2.45, 2.75) is 57.9 Å². The van der Waals surface area contributed by atoms with Crippen LogP contribution in [0.5, 0.6) is 0 Å². The zero-order valence-corrected chi connectivity index (χ0v) is 25.4. The summed E-state index contributed by atoms with van der Waals surface area (Å²) in [7, 11) is 0. The summed E-state index contributed by atoms with van der Waals surface area (Å²) in [6, 6.07) is 7.27. The minimum Gasteiger partial charge on any atom is -0.481 e. The first kappa shape index (κ1) is 32.5. The third-order valence-corrected chi connectivity index (χ3v) is 8.87. The maximum absolute atomic E-state index is 13.7. The molecule has 3 heterocycles. The minimum absolute atomic E-state index is 0.00659. The summed E-state index contributed by atoms with van der Waals surface area (Å²) >= 11 is 0. The van der Waals surface area contributed by atoms with Crippen LogP contribution in [0.15, 0.2) is 47.6 Å². The van der Waals surface area contributed by atoms with E-state index in [1.54, 1.807) is 11.0 Å². The number of benzene rings is 1. The van der Waals surface area contributed by atoms with E-state index in [4.69, 9.17) is 16.9 Å². The molecule has 3 aliphatic heterocycles. The highest BCUT2D eigenvalue weighted by Crippen LogP contribution is 2.39. The van der Waals surface area contributed by atoms with Crippen molar-refractivity contribution in [3.8, 4) is 12.3 Å². The summed E-state index contributed by atoms with van der Waals surface area (Å²) < 4.78 is 5.53. The fourth-order valence-corrected chi connectivity index (χ4v) is 6.62. The number of nitrogens with two attached hydrogens (primary N) is 1. The molecule has 1 aromatic carbocycles. The smallest absolute Gasteiger partial charge is 0.308 e. The molecule has 3 aliphatic rings. The average Bonchev–Trinajstić information content (AvgIpc) is 3.71. The second-order valence-electron chi connectivity index (χ2n) is 11.8. The quantitative estimate of drug-likeness (QED) is 0.238. The molecule has 4 rings (SSSR count). The number of para-hydroxylation sites is 1. The number of ether oxygens (including phenoxy) is 1. The van der Waals surface area contributed by atoms with Crippen molar-refractivity contribution in [1.29, 1.82) is 0 Å². The monoisotopic (exact) mass is 590 g/mol. The van der Waals surface area contributed by atoms with Crippen LogP contribution in [0.4, 0.5) is 5.69 Å². The number of carbonyl (C=O) groups is 3. The van der Waals surface area contributed by atoms with Crippen LogP contribution >= 0.6 is 0 Å². The summed E-state index contributed by atoms with van der Waals surface area (Å²) in [5, 5.41) is 10.6. The number of unbranched alkanes of at least 4 members (excludes halogenated alkanes) is 2. The van der Waals surface area contributed by atoms with Crippen molar-refractivity contribution in [2.75, 3.05) is 57.4 Å². The topological polar surface area (TPSA) is 116 Å². The minimum atomic E-state index is -0.923. The Morgan fingerprint density at radius 2 is 2.02 bits per heavy atom. The van der Waals surface area contributed by atoms with Gasteiger partial charge in [-0.05, 0) is 67.5 Å². The fourth-order valence-electron chi connectivity index (χ4n) is 6.62. The number of terminal acetylenes is 1. The molecule has 232 valence electrons. The number of nitrogens with zero attached hydrogens (tertiary/aromatic N) is 3. The molecule has 3 atom stereocenters. The number of hydrogen-bond acceptors (Lipinski definition) is 6. The van der Waals surface area contributed by atoms with Crippen LogP contribution in [0.2, 0.25) is 0 Å². The Balaban J connectivity index is 1.62. The van der Waals surface area contributed by atoms with Gasteiger partial charge >= 0.3 is 5.97 Å². The Labute approximate surface area is 255 Å². The SMILES string of the molecule is C#C/C=C(\C=C1\CCOC1)[C@H]1CN(CC(=O)N(CCCC)CCCCN)[C@@H](CCN2C(=O)Cc3ccccc32)[C@@H]1C(=O)O. The van der Waals surface area contributed by atoms with Crippen LogP contribution in [0.25, 0.3) is 0 Å². The number of carboxylic acid groups (broad SMARTS) is 1. The van der Waals surface area contributed by atoms with Crippen molar-refractivity contribution in [1.82, 2.24) is 9.80 Å². The third-order valence-electron chi connectivity index (χ3n) is 8.87. The van der Waals surface area contributed by atoms with E-state index < -0.39 is 23.8 Å². The molecule has 9 nitrogen and oxygen atoms in total. The Hall–Kier alpha value is -3.45. The van der Waals surface area contributed by atoms with Gasteiger partial charge in [-0.25, -0.2) is 0 Å². The number of rotatable bonds is 15. The van der Waals surface area contributed by atoms with Gasteiger partial charge in [0.05, 0.1) is 32.1 Å². The van der Waals surface area contributed by atoms with Gasteiger partial charge in [0, 0.05) is 43.8 Å². The van der Waals surface area contributed by atoms with Crippen LogP contribution < -0.4 is 10.6 Å². The lowest BCUT2D eigenvalue weighted by Crippen LogP contribution is -2.46. The zero-order chi connectivity index (χ0) is 30.8. The van der Waals surface area contributed by atoms with Crippen molar-refractivity contribution >= 4 is 23.5 Å². The Kier molecular flexibility index (Phi) is 12.0. The van der Waals surface area contributed by atoms with Crippen molar-refractivity contribution in [3.63, 3.8) is 0 Å². The summed E-state index contributed by atoms with van der Waals surface area (Å²) in [6.07, 6.45) is 14.5. The van der Waals surface area contributed by atoms with Gasteiger partial charge < -0.3 is 25.4 Å². The van der Waals surface area contributed by atoms with Gasteiger partial charge in [-0.3, -0.25) is 19.3 Å². The predicted octanol–water partition coefficient (Wildman–Crippen LogP) is 3.24. The number of anilines is 1. The first-order chi connectivity index (χ1) is 20.9. The van der Waals surface area contributed by atoms with Gasteiger partial charge in [-0.2, -0.15) is 0 Å². The summed E-state index contributed by atoms with van der Waals surface area (Å²) in [5.74, 6) is 0.503. The van der Waals surface area contributed by atoms with E-state index in [1.807, 2.05) is 40.1 Å². The van der Waals surface area contributed by atoms with Gasteiger partial charge in [-0.1, -0.05) is 43.5 Å². The van der Waals surface area contributed by atoms with E-state index in [2.05, 4.69) is 12.8 Å². The van der Waals surface area contributed by atoms with Gasteiger partial charge in [0.2, 0.25) is 11.8 Å². The van der Waals surface area contributed by atoms with E-state index >= 15 is 0 Å². The second kappa shape index (κ2) is 15.9. The maximum atomic E-state index is 13.7. The predicted molar refractivity (Wildman–Crippen MR) is 167 cm³/mol. The fraction of sp³-hybridized carbons (Fsp3) is 0.559. The molecule has 0 bridgehead atoms. The van der Waals surface area contributed by atoms with E-state index in [-0.39, 0.29) is 18.4 Å². The Morgan fingerprint density at radius 1 is 1.23 bits per heavy atom. The number of amides is 2. The number of carbonyl (C=O) groups excluding carboxylic acids is 2. The van der Waals surface area contributed by atoms with Gasteiger partial charge in [0.25, 0.3) is 0 Å². The van der Waals surface area contributed by atoms with E-state index in [0.717, 1.165) is 54.5 Å². The maximum Gasteiger partial charge on any atom is 0.308 e. The van der Waals surface area contributed by atoms with Crippen LogP contribution in [-0.4, -0.2) is 91.2 Å². The molecule has 0 saturated carbocycles. The molecule has 0 unspecified atom stereocenters. The molecule has 2 fully saturated rings. The lowest BCUT2D eigenvalue weighted by Gasteiger charge is -2.31. The molecular formula is C34H46N4O5. The van der Waals surface area contributed by atoms with Gasteiger partial charge in [0.1, 0.15) is 0 Å². The van der Waals surface area contributed by atoms with Crippen LogP contribution in [0.3, 0.4) is 0 Å². The molecule has 1 aromatic rings. The standard InChI is InChI=1S/C34H46N4O5/c1-3-5-16-36(17-9-8-15-35)32(40)23-37-22-28(26(10-4-2)20-25-14-19-43-24-25)33(34(41)42)30(37)13-18-38-29-12-7-6-11-27(29)21-31(38)39/h2,6-7,10-12,20,28,30,33H,3,5,8-9,13-19,21-24,35H2,1H3,(H,41,42)/b25-20-,26-10+/t28-,30+,33-/m1/s1. The highest BCUT2D eigenvalue weighted by Gasteiger charge is 2.48. The molecule has 0 aromatic heterocycles. The zero-order valence-electron chi connectivity index (χ0n) is 25.4. The lowest BCUT2D eigenvalue weighted by atomic mass is 9.83. The first-order valence-electron chi connectivity index (χ1n) is 15.6. The van der Waals surface area contributed by atoms with Crippen LogP contribution in [0.1, 0.15) is 51.0 Å². The molecule has 0 spiro atoms. The largest absolute Gasteiger partial charge is 0.481 e. The lowest BCUT2D eigenvalue weighted by molar-refractivity contribution is -0.144. The number of allylic oxidation sites excluding steroid dienone is 2. The van der Waals surface area contributed by atoms with Crippen molar-refractivity contribution in [3.05, 3.63) is 53.1 Å². The van der Waals surface area contributed by atoms with Gasteiger partial charge in [-0.15, -0.1) is 6.42 Å². The normalized spacial score (nSPS) is 23.1. The van der Waals surface area contributed by atoms with Crippen molar-refractivity contribution in [2.24, 2.45) is 17.6 Å². The van der Waals surface area contributed by atoms with E-state index in [1.165, 1.54) is 0 Å². The molecule has 3 N–H and O–H groups in total. The number of fused-ring (bicyclic) bond motifs is 1. The molecule has 0 radical (unpaired) electrons. The first-order valence-corrected chi connectivity index (χ1v) is 15.6. The summed E-state index contributed by atoms with van der Waals surface area (Å²) in [5.41, 5.74) is 9.43. The van der Waals surface area contributed by atoms with Crippen molar-refractivity contribution < 1.29 is 24.2 Å². The number of aliphatic carboxylic acids is 1. The van der Waals surface area contributed by atoms with E-state index in [0.29, 0.717) is 58.8 Å². The molecule has 2 saturated heterocycles. The van der Waals surface area contributed by atoms with E-state index in [9.17, 15) is 19.5 Å². The summed E-state index contributed by atoms with van der Waals surface area (Å²) in [4.78, 5) is 45.3. The third kappa shape index (κ3) is 8.14. The molecule has 0 aliphatic carbocycles. The van der Waals surface area contributed by atoms with Gasteiger partial charge in [0.15, 0.2) is 0 Å². The Bertz CT molecular complexity index is 1240. The highest BCUT2D eigenvalue weighted by molar-refractivity contribution is 6.01. The van der Waals surface area contributed by atoms with Crippen LogP contribution in [0, 0.1) is 24.2 Å². The Morgan fingerprint density at radius 3 is 2.72 bits per heavy atom. The highest BCUT2D eigenvalue weighted by atomic mass is 16.5. The number of hydrogen-bond donors (Lipinski definition) is 2. The molecule has 2 amide bonds. The molecular weight excluding hydrogens is 544 g/mol. The average molecular weight is 591 g/mol. The molecule has 43 heavy (non-hydrogen) atoms.